The second kappa shape index (κ2) is 12.9. The minimum absolute atomic E-state index is 0.0311. The number of hydrogen-bond donors (Lipinski definition) is 1. The van der Waals surface area contributed by atoms with E-state index in [9.17, 15) is 14.7 Å². The molecule has 0 aliphatic carbocycles. The standard InChI is InChI=1S/C31H35N3O5S/c1-6-20-11-10-12-24-21(18-34(28(20)24)19-26(35)33(7-2)8-3)17-25-29(36)27(31(37)39-9-4)30(40-25)32-22-13-15-23(38-5)16-14-22/h10-18,36H,6-9,19H2,1-5H3/b25-17-,32-30?. The number of carbonyl (C=O) groups excluding carboxylic acids is 2. The molecule has 9 heteroatoms. The summed E-state index contributed by atoms with van der Waals surface area (Å²) in [5, 5.41) is 12.5. The van der Waals surface area contributed by atoms with Gasteiger partial charge in [-0.1, -0.05) is 36.9 Å². The van der Waals surface area contributed by atoms with Crippen molar-refractivity contribution in [1.29, 1.82) is 0 Å². The first kappa shape index (κ1) is 29.0. The normalized spacial score (nSPS) is 15.3. The van der Waals surface area contributed by atoms with E-state index in [1.54, 1.807) is 38.3 Å². The molecule has 210 valence electrons. The third-order valence-electron chi connectivity index (χ3n) is 6.78. The van der Waals surface area contributed by atoms with Gasteiger partial charge in [0.25, 0.3) is 0 Å². The van der Waals surface area contributed by atoms with E-state index >= 15 is 0 Å². The summed E-state index contributed by atoms with van der Waals surface area (Å²) in [6, 6.07) is 13.2. The van der Waals surface area contributed by atoms with E-state index in [1.165, 1.54) is 11.8 Å². The Morgan fingerprint density at radius 2 is 1.80 bits per heavy atom. The molecule has 2 heterocycles. The summed E-state index contributed by atoms with van der Waals surface area (Å²) in [7, 11) is 1.59. The number of nitrogens with zero attached hydrogens (tertiary/aromatic N) is 3. The van der Waals surface area contributed by atoms with Crippen LogP contribution in [-0.4, -0.2) is 58.3 Å². The van der Waals surface area contributed by atoms with Gasteiger partial charge in [-0.25, -0.2) is 9.79 Å². The number of likely N-dealkylation sites (N-methyl/N-ethyl adjacent to an activating group) is 1. The number of aliphatic imine (C=N–C) groups is 1. The number of benzene rings is 2. The zero-order valence-electron chi connectivity index (χ0n) is 23.6. The van der Waals surface area contributed by atoms with Crippen LogP contribution in [0.5, 0.6) is 5.75 Å². The highest BCUT2D eigenvalue weighted by molar-refractivity contribution is 8.18. The summed E-state index contributed by atoms with van der Waals surface area (Å²) in [4.78, 5) is 32.8. The predicted molar refractivity (Wildman–Crippen MR) is 161 cm³/mol. The van der Waals surface area contributed by atoms with E-state index < -0.39 is 5.97 Å². The van der Waals surface area contributed by atoms with Crippen molar-refractivity contribution >= 4 is 51.3 Å². The average molecular weight is 562 g/mol. The quantitative estimate of drug-likeness (QED) is 0.293. The minimum atomic E-state index is -0.635. The third kappa shape index (κ3) is 5.94. The van der Waals surface area contributed by atoms with E-state index in [4.69, 9.17) is 9.47 Å². The highest BCUT2D eigenvalue weighted by atomic mass is 32.2. The van der Waals surface area contributed by atoms with Gasteiger partial charge in [-0.05, 0) is 63.1 Å². The number of hydrogen-bond acceptors (Lipinski definition) is 7. The maximum Gasteiger partial charge on any atom is 0.344 e. The summed E-state index contributed by atoms with van der Waals surface area (Å²) >= 11 is 1.21. The molecule has 0 atom stereocenters. The summed E-state index contributed by atoms with van der Waals surface area (Å²) in [5.74, 6) is -0.0791. The number of aryl methyl sites for hydroxylation is 1. The molecule has 0 saturated carbocycles. The Hall–Kier alpha value is -3.98. The number of esters is 1. The van der Waals surface area contributed by atoms with Crippen LogP contribution in [0.1, 0.15) is 38.8 Å². The number of rotatable bonds is 10. The number of amides is 1. The Balaban J connectivity index is 1.81. The lowest BCUT2D eigenvalue weighted by atomic mass is 10.1. The topological polar surface area (TPSA) is 93.4 Å². The summed E-state index contributed by atoms with van der Waals surface area (Å²) in [6.07, 6.45) is 4.59. The first-order chi connectivity index (χ1) is 19.3. The Morgan fingerprint density at radius 1 is 1.07 bits per heavy atom. The van der Waals surface area contributed by atoms with Crippen LogP contribution in [0.2, 0.25) is 0 Å². The van der Waals surface area contributed by atoms with Gasteiger partial charge >= 0.3 is 5.97 Å². The molecule has 0 saturated heterocycles. The lowest BCUT2D eigenvalue weighted by molar-refractivity contribution is -0.138. The molecule has 0 radical (unpaired) electrons. The number of fused-ring (bicyclic) bond motifs is 1. The van der Waals surface area contributed by atoms with Crippen molar-refractivity contribution in [2.75, 3.05) is 26.8 Å². The third-order valence-corrected chi connectivity index (χ3v) is 7.80. The lowest BCUT2D eigenvalue weighted by Crippen LogP contribution is -2.33. The molecule has 8 nitrogen and oxygen atoms in total. The Morgan fingerprint density at radius 3 is 2.42 bits per heavy atom. The van der Waals surface area contributed by atoms with Crippen molar-refractivity contribution in [2.45, 2.75) is 40.7 Å². The van der Waals surface area contributed by atoms with Crippen molar-refractivity contribution in [3.05, 3.63) is 76.0 Å². The van der Waals surface area contributed by atoms with Gasteiger partial charge in [-0.15, -0.1) is 0 Å². The molecule has 1 aromatic heterocycles. The first-order valence-electron chi connectivity index (χ1n) is 13.5. The first-order valence-corrected chi connectivity index (χ1v) is 14.3. The van der Waals surface area contributed by atoms with Gasteiger partial charge in [-0.2, -0.15) is 0 Å². The molecule has 1 aliphatic heterocycles. The molecule has 3 aromatic rings. The number of aliphatic hydroxyl groups excluding tert-OH is 1. The molecule has 0 bridgehead atoms. The average Bonchev–Trinajstić information content (AvgIpc) is 3.46. The van der Waals surface area contributed by atoms with Crippen molar-refractivity contribution in [2.24, 2.45) is 4.99 Å². The van der Waals surface area contributed by atoms with Crippen LogP contribution in [0.25, 0.3) is 17.0 Å². The van der Waals surface area contributed by atoms with Crippen molar-refractivity contribution in [3.63, 3.8) is 0 Å². The molecule has 1 amide bonds. The molecule has 0 unspecified atom stereocenters. The van der Waals surface area contributed by atoms with Gasteiger partial charge in [0.1, 0.15) is 28.7 Å². The molecule has 0 spiro atoms. The van der Waals surface area contributed by atoms with E-state index in [1.807, 2.05) is 47.7 Å². The molecule has 1 aliphatic rings. The molecular weight excluding hydrogens is 526 g/mol. The lowest BCUT2D eigenvalue weighted by Gasteiger charge is -2.19. The van der Waals surface area contributed by atoms with Gasteiger partial charge in [0.15, 0.2) is 0 Å². The zero-order valence-corrected chi connectivity index (χ0v) is 24.4. The molecule has 2 aromatic carbocycles. The SMILES string of the molecule is CCOC(=O)C1=C(O)/C(=C/c2cn(CC(=O)N(CC)CC)c3c(CC)cccc23)SC1=Nc1ccc(OC)cc1. The van der Waals surface area contributed by atoms with E-state index in [2.05, 4.69) is 18.0 Å². The van der Waals surface area contributed by atoms with E-state index in [-0.39, 0.29) is 30.4 Å². The molecule has 0 fully saturated rings. The molecular formula is C31H35N3O5S. The summed E-state index contributed by atoms with van der Waals surface area (Å²) in [6.45, 7) is 9.43. The fourth-order valence-corrected chi connectivity index (χ4v) is 5.75. The number of thioether (sulfide) groups is 1. The fourth-order valence-electron chi connectivity index (χ4n) is 4.72. The summed E-state index contributed by atoms with van der Waals surface area (Å²) < 4.78 is 12.5. The fraction of sp³-hybridized carbons (Fsp3) is 0.323. The maximum absolute atomic E-state index is 13.0. The monoisotopic (exact) mass is 561 g/mol. The maximum atomic E-state index is 13.0. The number of para-hydroxylation sites is 1. The molecule has 1 N–H and O–H groups in total. The minimum Gasteiger partial charge on any atom is -0.506 e. The van der Waals surface area contributed by atoms with Crippen molar-refractivity contribution < 1.29 is 24.2 Å². The number of carbonyl (C=O) groups is 2. The second-order valence-electron chi connectivity index (χ2n) is 9.11. The van der Waals surface area contributed by atoms with Crippen LogP contribution in [0.3, 0.4) is 0 Å². The molecule has 40 heavy (non-hydrogen) atoms. The van der Waals surface area contributed by atoms with Gasteiger partial charge in [0, 0.05) is 30.2 Å². The van der Waals surface area contributed by atoms with Gasteiger partial charge in [-0.3, -0.25) is 4.79 Å². The van der Waals surface area contributed by atoms with Crippen LogP contribution in [-0.2, 0) is 27.3 Å². The van der Waals surface area contributed by atoms with Crippen molar-refractivity contribution in [1.82, 2.24) is 9.47 Å². The Kier molecular flexibility index (Phi) is 9.37. The summed E-state index contributed by atoms with van der Waals surface area (Å²) in [5.41, 5.74) is 3.59. The number of methoxy groups -OCH3 is 1. The van der Waals surface area contributed by atoms with Gasteiger partial charge in [0.05, 0.1) is 29.8 Å². The van der Waals surface area contributed by atoms with Gasteiger partial charge in [0.2, 0.25) is 5.91 Å². The Labute approximate surface area is 239 Å². The van der Waals surface area contributed by atoms with Crippen molar-refractivity contribution in [3.8, 4) is 5.75 Å². The number of aromatic nitrogens is 1. The number of ether oxygens (including phenoxy) is 2. The predicted octanol–water partition coefficient (Wildman–Crippen LogP) is 6.27. The highest BCUT2D eigenvalue weighted by Crippen LogP contribution is 2.41. The Bertz CT molecular complexity index is 1500. The van der Waals surface area contributed by atoms with Crippen LogP contribution in [0.15, 0.2) is 69.9 Å². The zero-order chi connectivity index (χ0) is 28.8. The van der Waals surface area contributed by atoms with Crippen LogP contribution < -0.4 is 4.74 Å². The van der Waals surface area contributed by atoms with E-state index in [0.717, 1.165) is 28.5 Å². The van der Waals surface area contributed by atoms with Crippen LogP contribution >= 0.6 is 11.8 Å². The number of aliphatic hydroxyl groups is 1. The van der Waals surface area contributed by atoms with Crippen LogP contribution in [0, 0.1) is 0 Å². The molecule has 4 rings (SSSR count). The largest absolute Gasteiger partial charge is 0.506 e. The second-order valence-corrected chi connectivity index (χ2v) is 10.1. The highest BCUT2D eigenvalue weighted by Gasteiger charge is 2.33. The smallest absolute Gasteiger partial charge is 0.344 e. The van der Waals surface area contributed by atoms with E-state index in [0.29, 0.717) is 34.5 Å². The van der Waals surface area contributed by atoms with Gasteiger partial charge < -0.3 is 24.0 Å². The van der Waals surface area contributed by atoms with Crippen LogP contribution in [0.4, 0.5) is 5.69 Å².